The van der Waals surface area contributed by atoms with E-state index in [1.165, 1.54) is 0 Å². The highest BCUT2D eigenvalue weighted by Crippen LogP contribution is 2.14. The van der Waals surface area contributed by atoms with E-state index in [9.17, 15) is 4.79 Å². The molecule has 0 saturated carbocycles. The summed E-state index contributed by atoms with van der Waals surface area (Å²) in [5, 5.41) is 6.97. The summed E-state index contributed by atoms with van der Waals surface area (Å²) in [6.07, 6.45) is 3.56. The number of benzene rings is 1. The highest BCUT2D eigenvalue weighted by molar-refractivity contribution is 5.95. The van der Waals surface area contributed by atoms with Crippen LogP contribution in [0.1, 0.15) is 13.8 Å². The van der Waals surface area contributed by atoms with Gasteiger partial charge in [-0.15, -0.1) is 12.4 Å². The van der Waals surface area contributed by atoms with Gasteiger partial charge < -0.3 is 11.1 Å². The molecule has 1 unspecified atom stereocenters. The lowest BCUT2D eigenvalue weighted by molar-refractivity contribution is -0.118. The maximum Gasteiger partial charge on any atom is 0.241 e. The molecule has 1 atom stereocenters. The Morgan fingerprint density at radius 1 is 1.35 bits per heavy atom. The van der Waals surface area contributed by atoms with Crippen molar-refractivity contribution < 1.29 is 4.79 Å². The molecule has 1 aromatic carbocycles. The van der Waals surface area contributed by atoms with Gasteiger partial charge in [-0.1, -0.05) is 19.9 Å². The number of nitrogens with one attached hydrogen (secondary N) is 1. The number of amides is 1. The van der Waals surface area contributed by atoms with Crippen molar-refractivity contribution in [2.75, 3.05) is 5.32 Å². The van der Waals surface area contributed by atoms with E-state index < -0.39 is 6.04 Å². The van der Waals surface area contributed by atoms with Crippen molar-refractivity contribution in [3.8, 4) is 5.69 Å². The third kappa shape index (κ3) is 3.82. The van der Waals surface area contributed by atoms with Crippen molar-refractivity contribution in [3.63, 3.8) is 0 Å². The molecule has 2 rings (SSSR count). The molecule has 0 bridgehead atoms. The first-order chi connectivity index (χ1) is 9.08. The van der Waals surface area contributed by atoms with Gasteiger partial charge in [0.05, 0.1) is 11.7 Å². The number of nitrogens with two attached hydrogens (primary N) is 1. The summed E-state index contributed by atoms with van der Waals surface area (Å²) in [6.45, 7) is 3.84. The predicted octanol–water partition coefficient (Wildman–Crippen LogP) is 2.22. The molecule has 1 heterocycles. The van der Waals surface area contributed by atoms with Gasteiger partial charge in [0.15, 0.2) is 0 Å². The van der Waals surface area contributed by atoms with E-state index in [1.807, 2.05) is 50.4 Å². The second-order valence-corrected chi connectivity index (χ2v) is 4.76. The lowest BCUT2D eigenvalue weighted by atomic mass is 10.0. The number of halogens is 1. The summed E-state index contributed by atoms with van der Waals surface area (Å²) < 4.78 is 1.73. The SMILES string of the molecule is CC(C)C(N)C(=O)Nc1cccc(-n2cccn2)c1.Cl. The highest BCUT2D eigenvalue weighted by atomic mass is 35.5. The molecule has 0 radical (unpaired) electrons. The number of carbonyl (C=O) groups is 1. The number of carbonyl (C=O) groups excluding carboxylic acids is 1. The van der Waals surface area contributed by atoms with Crippen LogP contribution in [0.5, 0.6) is 0 Å². The summed E-state index contributed by atoms with van der Waals surface area (Å²) >= 11 is 0. The van der Waals surface area contributed by atoms with Crippen LogP contribution in [-0.4, -0.2) is 21.7 Å². The molecule has 1 aromatic heterocycles. The van der Waals surface area contributed by atoms with Gasteiger partial charge in [0, 0.05) is 18.1 Å². The molecule has 0 aliphatic rings. The van der Waals surface area contributed by atoms with Gasteiger partial charge in [-0.05, 0) is 30.2 Å². The average Bonchev–Trinajstić information content (AvgIpc) is 2.91. The molecular weight excluding hydrogens is 276 g/mol. The number of nitrogens with zero attached hydrogens (tertiary/aromatic N) is 2. The fourth-order valence-corrected chi connectivity index (χ4v) is 1.68. The van der Waals surface area contributed by atoms with Gasteiger partial charge in [-0.25, -0.2) is 4.68 Å². The van der Waals surface area contributed by atoms with Crippen LogP contribution in [-0.2, 0) is 4.79 Å². The lowest BCUT2D eigenvalue weighted by Gasteiger charge is -2.15. The Labute approximate surface area is 124 Å². The Morgan fingerprint density at radius 3 is 2.70 bits per heavy atom. The zero-order valence-electron chi connectivity index (χ0n) is 11.5. The molecule has 0 aliphatic carbocycles. The van der Waals surface area contributed by atoms with Crippen LogP contribution in [0.2, 0.25) is 0 Å². The number of anilines is 1. The summed E-state index contributed by atoms with van der Waals surface area (Å²) in [4.78, 5) is 11.9. The van der Waals surface area contributed by atoms with Crippen molar-refractivity contribution in [3.05, 3.63) is 42.7 Å². The molecule has 108 valence electrons. The van der Waals surface area contributed by atoms with E-state index in [1.54, 1.807) is 10.9 Å². The summed E-state index contributed by atoms with van der Waals surface area (Å²) in [6, 6.07) is 8.82. The molecule has 0 fully saturated rings. The zero-order valence-corrected chi connectivity index (χ0v) is 12.3. The molecule has 2 aromatic rings. The first kappa shape index (κ1) is 16.2. The lowest BCUT2D eigenvalue weighted by Crippen LogP contribution is -2.39. The minimum Gasteiger partial charge on any atom is -0.325 e. The van der Waals surface area contributed by atoms with Crippen LogP contribution >= 0.6 is 12.4 Å². The monoisotopic (exact) mass is 294 g/mol. The molecule has 5 nitrogen and oxygen atoms in total. The molecule has 6 heteroatoms. The molecule has 0 saturated heterocycles. The molecule has 1 amide bonds. The van der Waals surface area contributed by atoms with Gasteiger partial charge in [0.2, 0.25) is 5.91 Å². The molecule has 0 aliphatic heterocycles. The minimum absolute atomic E-state index is 0. The summed E-state index contributed by atoms with van der Waals surface area (Å²) in [5.74, 6) is -0.0677. The van der Waals surface area contributed by atoms with E-state index >= 15 is 0 Å². The van der Waals surface area contributed by atoms with E-state index in [2.05, 4.69) is 10.4 Å². The van der Waals surface area contributed by atoms with Crippen LogP contribution in [0.3, 0.4) is 0 Å². The van der Waals surface area contributed by atoms with Crippen LogP contribution in [0.15, 0.2) is 42.7 Å². The van der Waals surface area contributed by atoms with Crippen molar-refractivity contribution in [1.82, 2.24) is 9.78 Å². The van der Waals surface area contributed by atoms with Gasteiger partial charge in [-0.3, -0.25) is 4.79 Å². The van der Waals surface area contributed by atoms with E-state index in [4.69, 9.17) is 5.73 Å². The van der Waals surface area contributed by atoms with Crippen LogP contribution < -0.4 is 11.1 Å². The Bertz CT molecular complexity index is 554. The molecule has 0 spiro atoms. The first-order valence-corrected chi connectivity index (χ1v) is 6.24. The van der Waals surface area contributed by atoms with Gasteiger partial charge in [0.1, 0.15) is 0 Å². The van der Waals surface area contributed by atoms with Crippen LogP contribution in [0.4, 0.5) is 5.69 Å². The summed E-state index contributed by atoms with van der Waals surface area (Å²) in [5.41, 5.74) is 7.42. The van der Waals surface area contributed by atoms with Crippen molar-refractivity contribution >= 4 is 24.0 Å². The normalized spacial score (nSPS) is 11.8. The maximum absolute atomic E-state index is 11.9. The molecular formula is C14H19ClN4O. The molecule has 20 heavy (non-hydrogen) atoms. The standard InChI is InChI=1S/C14H18N4O.ClH/c1-10(2)13(15)14(19)17-11-5-3-6-12(9-11)18-8-4-7-16-18;/h3-10,13H,15H2,1-2H3,(H,17,19);1H. The molecule has 3 N–H and O–H groups in total. The van der Waals surface area contributed by atoms with E-state index in [0.717, 1.165) is 5.69 Å². The fourth-order valence-electron chi connectivity index (χ4n) is 1.68. The van der Waals surface area contributed by atoms with Crippen LogP contribution in [0.25, 0.3) is 5.69 Å². The Morgan fingerprint density at radius 2 is 2.10 bits per heavy atom. The smallest absolute Gasteiger partial charge is 0.241 e. The first-order valence-electron chi connectivity index (χ1n) is 6.24. The number of rotatable bonds is 4. The summed E-state index contributed by atoms with van der Waals surface area (Å²) in [7, 11) is 0. The quantitative estimate of drug-likeness (QED) is 0.908. The largest absolute Gasteiger partial charge is 0.325 e. The van der Waals surface area contributed by atoms with Crippen molar-refractivity contribution in [1.29, 1.82) is 0 Å². The topological polar surface area (TPSA) is 72.9 Å². The number of aromatic nitrogens is 2. The Kier molecular flexibility index (Phi) is 5.73. The zero-order chi connectivity index (χ0) is 13.8. The third-order valence-corrected chi connectivity index (χ3v) is 2.90. The minimum atomic E-state index is -0.506. The predicted molar refractivity (Wildman–Crippen MR) is 82.3 cm³/mol. The highest BCUT2D eigenvalue weighted by Gasteiger charge is 2.17. The van der Waals surface area contributed by atoms with Gasteiger partial charge >= 0.3 is 0 Å². The Balaban J connectivity index is 0.00000200. The van der Waals surface area contributed by atoms with E-state index in [0.29, 0.717) is 5.69 Å². The van der Waals surface area contributed by atoms with Crippen molar-refractivity contribution in [2.24, 2.45) is 11.7 Å². The van der Waals surface area contributed by atoms with Gasteiger partial charge in [0.25, 0.3) is 0 Å². The fraction of sp³-hybridized carbons (Fsp3) is 0.286. The van der Waals surface area contributed by atoms with Crippen LogP contribution in [0, 0.1) is 5.92 Å². The number of hydrogen-bond donors (Lipinski definition) is 2. The second-order valence-electron chi connectivity index (χ2n) is 4.76. The van der Waals surface area contributed by atoms with Gasteiger partial charge in [-0.2, -0.15) is 5.10 Å². The average molecular weight is 295 g/mol. The maximum atomic E-state index is 11.9. The van der Waals surface area contributed by atoms with Crippen molar-refractivity contribution in [2.45, 2.75) is 19.9 Å². The third-order valence-electron chi connectivity index (χ3n) is 2.90. The Hall–Kier alpha value is -1.85. The van der Waals surface area contributed by atoms with E-state index in [-0.39, 0.29) is 24.2 Å². The second kappa shape index (κ2) is 7.07. The number of hydrogen-bond acceptors (Lipinski definition) is 3.